The second kappa shape index (κ2) is 12.3. The van der Waals surface area contributed by atoms with Crippen LogP contribution in [-0.4, -0.2) is 152 Å². The van der Waals surface area contributed by atoms with Crippen molar-refractivity contribution in [3.63, 3.8) is 0 Å². The molecule has 0 spiro atoms. The Kier molecular flexibility index (Phi) is 10.3. The molecule has 3 fully saturated rings. The van der Waals surface area contributed by atoms with Gasteiger partial charge in [0.05, 0.1) is 38.1 Å². The molecular weight excluding hydrogens is 500 g/mol. The number of rotatable bonds is 7. The van der Waals surface area contributed by atoms with Crippen LogP contribution >= 0.6 is 0 Å². The minimum absolute atomic E-state index is 0.476. The number of ether oxygens (including phenoxy) is 5. The first kappa shape index (κ1) is 31.0. The van der Waals surface area contributed by atoms with Crippen LogP contribution in [0.15, 0.2) is 0 Å². The lowest BCUT2D eigenvalue weighted by Crippen LogP contribution is -2.68. The van der Waals surface area contributed by atoms with Gasteiger partial charge in [0.1, 0.15) is 54.9 Å². The fraction of sp³-hybridized carbons (Fsp3) is 1.00. The van der Waals surface area contributed by atoms with E-state index < -0.39 is 117 Å². The molecule has 3 saturated heterocycles. The van der Waals surface area contributed by atoms with Crippen LogP contribution in [0.25, 0.3) is 0 Å². The minimum atomic E-state index is -1.76. The van der Waals surface area contributed by atoms with Gasteiger partial charge < -0.3 is 69.6 Å². The molecule has 9 N–H and O–H groups in total. The molecule has 0 aromatic carbocycles. The van der Waals surface area contributed by atoms with Gasteiger partial charge in [0.15, 0.2) is 12.6 Å². The summed E-state index contributed by atoms with van der Waals surface area (Å²) in [6.45, 7) is 5.15. The molecule has 14 heteroatoms. The van der Waals surface area contributed by atoms with Crippen LogP contribution in [0.3, 0.4) is 0 Å². The summed E-state index contributed by atoms with van der Waals surface area (Å²) in [6, 6.07) is 0. The van der Waals surface area contributed by atoms with Crippen LogP contribution in [0.4, 0.5) is 0 Å². The Morgan fingerprint density at radius 1 is 0.568 bits per heavy atom. The molecule has 0 radical (unpaired) electrons. The zero-order chi connectivity index (χ0) is 27.8. The third-order valence-corrected chi connectivity index (χ3v) is 7.37. The molecule has 14 nitrogen and oxygen atoms in total. The second-order valence-corrected chi connectivity index (χ2v) is 11.1. The largest absolute Gasteiger partial charge is 0.394 e. The van der Waals surface area contributed by atoms with Crippen molar-refractivity contribution >= 4 is 0 Å². The fourth-order valence-electron chi connectivity index (χ4n) is 4.96. The highest BCUT2D eigenvalue weighted by Gasteiger charge is 2.55. The molecule has 0 amide bonds. The number of hydrogen-bond acceptors (Lipinski definition) is 14. The summed E-state index contributed by atoms with van der Waals surface area (Å²) in [5.74, 6) is -0.631. The maximum Gasteiger partial charge on any atom is 0.187 e. The topological polar surface area (TPSA) is 228 Å². The Hall–Kier alpha value is -0.560. The van der Waals surface area contributed by atoms with E-state index in [0.717, 1.165) is 0 Å². The maximum atomic E-state index is 11.1. The van der Waals surface area contributed by atoms with E-state index in [1.54, 1.807) is 27.7 Å². The Labute approximate surface area is 214 Å². The van der Waals surface area contributed by atoms with Crippen LogP contribution in [0.2, 0.25) is 0 Å². The van der Waals surface area contributed by atoms with Crippen LogP contribution in [0, 0.1) is 11.3 Å². The van der Waals surface area contributed by atoms with Gasteiger partial charge >= 0.3 is 0 Å². The van der Waals surface area contributed by atoms with Crippen LogP contribution in [0.1, 0.15) is 27.7 Å². The van der Waals surface area contributed by atoms with Crippen molar-refractivity contribution in [3.8, 4) is 0 Å². The molecule has 218 valence electrons. The predicted octanol–water partition coefficient (Wildman–Crippen LogP) is -4.20. The fourth-order valence-corrected chi connectivity index (χ4v) is 4.96. The molecular formula is C23H42O14. The lowest BCUT2D eigenvalue weighted by atomic mass is 9.79. The zero-order valence-corrected chi connectivity index (χ0v) is 21.3. The van der Waals surface area contributed by atoms with Crippen molar-refractivity contribution in [1.29, 1.82) is 0 Å². The quantitative estimate of drug-likeness (QED) is 0.149. The van der Waals surface area contributed by atoms with Gasteiger partial charge in [0, 0.05) is 5.92 Å². The van der Waals surface area contributed by atoms with Gasteiger partial charge in [-0.25, -0.2) is 0 Å². The monoisotopic (exact) mass is 542 g/mol. The van der Waals surface area contributed by atoms with Gasteiger partial charge in [0.25, 0.3) is 0 Å². The highest BCUT2D eigenvalue weighted by Crippen LogP contribution is 2.39. The Morgan fingerprint density at radius 2 is 1.03 bits per heavy atom. The average molecular weight is 543 g/mol. The first-order valence-corrected chi connectivity index (χ1v) is 12.4. The van der Waals surface area contributed by atoms with E-state index in [0.29, 0.717) is 0 Å². The number of aliphatic hydroxyl groups excluding tert-OH is 9. The molecule has 3 heterocycles. The summed E-state index contributed by atoms with van der Waals surface area (Å²) >= 11 is 0. The molecule has 1 unspecified atom stereocenters. The van der Waals surface area contributed by atoms with Crippen molar-refractivity contribution in [2.24, 2.45) is 11.3 Å². The van der Waals surface area contributed by atoms with Crippen molar-refractivity contribution in [2.45, 2.75) is 114 Å². The zero-order valence-electron chi connectivity index (χ0n) is 21.3. The Bertz CT molecular complexity index is 716. The first-order valence-electron chi connectivity index (χ1n) is 12.4. The van der Waals surface area contributed by atoms with Gasteiger partial charge in [-0.15, -0.1) is 0 Å². The van der Waals surface area contributed by atoms with E-state index in [9.17, 15) is 46.0 Å². The van der Waals surface area contributed by atoms with Gasteiger partial charge in [-0.1, -0.05) is 27.7 Å². The molecule has 0 bridgehead atoms. The van der Waals surface area contributed by atoms with E-state index in [1.165, 1.54) is 0 Å². The summed E-state index contributed by atoms with van der Waals surface area (Å²) in [7, 11) is 0. The Morgan fingerprint density at radius 3 is 1.54 bits per heavy atom. The molecule has 3 aliphatic heterocycles. The van der Waals surface area contributed by atoms with Crippen molar-refractivity contribution in [1.82, 2.24) is 0 Å². The normalized spacial score (nSPS) is 49.7. The van der Waals surface area contributed by atoms with Crippen LogP contribution < -0.4 is 0 Å². The van der Waals surface area contributed by atoms with Gasteiger partial charge in [-0.05, 0) is 5.41 Å². The van der Waals surface area contributed by atoms with Gasteiger partial charge in [0.2, 0.25) is 0 Å². The summed E-state index contributed by atoms with van der Waals surface area (Å²) in [4.78, 5) is 0. The highest BCUT2D eigenvalue weighted by molar-refractivity contribution is 5.01. The lowest BCUT2D eigenvalue weighted by molar-refractivity contribution is -0.374. The molecule has 0 saturated carbocycles. The van der Waals surface area contributed by atoms with Gasteiger partial charge in [-0.2, -0.15) is 0 Å². The maximum absolute atomic E-state index is 11.1. The standard InChI is InChI=1S/C23H42O14/c1-8-9(5-24)34-21(16(31)12(8)27)36-18-14(29)11(7-26)33-20(23(2,3)4)19(18)37-22-17(32)15(30)13(28)10(6-25)35-22/h8-22,24-32H,5-7H2,1-4H3/t8-,9-,10-,11-,12+,13-,14-,15+,16-,17-,18+,19-,20?,21+,22+/m1/s1. The van der Waals surface area contributed by atoms with Crippen molar-refractivity contribution in [3.05, 3.63) is 0 Å². The number of aliphatic hydroxyl groups is 9. The summed E-state index contributed by atoms with van der Waals surface area (Å²) in [6.07, 6.45) is -19.6. The first-order chi connectivity index (χ1) is 17.3. The molecule has 3 rings (SSSR count). The summed E-state index contributed by atoms with van der Waals surface area (Å²) in [5, 5.41) is 92.0. The summed E-state index contributed by atoms with van der Waals surface area (Å²) in [5.41, 5.74) is -0.721. The van der Waals surface area contributed by atoms with Gasteiger partial charge in [-0.3, -0.25) is 0 Å². The van der Waals surface area contributed by atoms with E-state index in [4.69, 9.17) is 23.7 Å². The third-order valence-electron chi connectivity index (χ3n) is 7.37. The third kappa shape index (κ3) is 6.28. The molecule has 0 aromatic heterocycles. The van der Waals surface area contributed by atoms with E-state index in [-0.39, 0.29) is 0 Å². The SMILES string of the molecule is C[C@H]1[C@H](O)[C@@H](O)[C@H](O[C@H]2[C@H](O)[C@@H](CO)OC(C(C)(C)C)[C@@H]2O[C@@H]2O[C@H](CO)[C@@H](O)[C@H](O)[C@H]2O)O[C@@H]1CO. The number of hydrogen-bond donors (Lipinski definition) is 9. The van der Waals surface area contributed by atoms with E-state index >= 15 is 0 Å². The van der Waals surface area contributed by atoms with Crippen LogP contribution in [0.5, 0.6) is 0 Å². The van der Waals surface area contributed by atoms with E-state index in [2.05, 4.69) is 0 Å². The summed E-state index contributed by atoms with van der Waals surface area (Å²) < 4.78 is 29.0. The van der Waals surface area contributed by atoms with Crippen molar-refractivity contribution < 1.29 is 69.6 Å². The molecule has 3 aliphatic rings. The average Bonchev–Trinajstić information content (AvgIpc) is 2.85. The molecule has 0 aliphatic carbocycles. The van der Waals surface area contributed by atoms with Crippen molar-refractivity contribution in [2.75, 3.05) is 19.8 Å². The minimum Gasteiger partial charge on any atom is -0.394 e. The van der Waals surface area contributed by atoms with Crippen LogP contribution in [-0.2, 0) is 23.7 Å². The lowest BCUT2D eigenvalue weighted by Gasteiger charge is -2.52. The molecule has 37 heavy (non-hydrogen) atoms. The second-order valence-electron chi connectivity index (χ2n) is 11.1. The Balaban J connectivity index is 1.95. The highest BCUT2D eigenvalue weighted by atomic mass is 16.7. The smallest absolute Gasteiger partial charge is 0.187 e. The predicted molar refractivity (Wildman–Crippen MR) is 122 cm³/mol. The molecule has 0 aromatic rings. The molecule has 15 atom stereocenters. The van der Waals surface area contributed by atoms with E-state index in [1.807, 2.05) is 0 Å².